The summed E-state index contributed by atoms with van der Waals surface area (Å²) >= 11 is 6.61. The van der Waals surface area contributed by atoms with E-state index in [1.165, 1.54) is 4.68 Å². The topological polar surface area (TPSA) is 138 Å². The normalized spacial score (nSPS) is 21.9. The number of ether oxygens (including phenoxy) is 1. The molecule has 6 aromatic rings. The van der Waals surface area contributed by atoms with Crippen LogP contribution >= 0.6 is 11.6 Å². The molecule has 53 heavy (non-hydrogen) atoms. The van der Waals surface area contributed by atoms with Gasteiger partial charge in [0.15, 0.2) is 13.9 Å². The molecule has 1 saturated heterocycles. The highest BCUT2D eigenvalue weighted by atomic mass is 35.5. The maximum atomic E-state index is 15.0. The maximum absolute atomic E-state index is 15.0. The van der Waals surface area contributed by atoms with E-state index >= 15 is 0 Å². The molecule has 8 rings (SSSR count). The van der Waals surface area contributed by atoms with Gasteiger partial charge in [-0.3, -0.25) is 19.4 Å². The number of fused-ring (bicyclic) bond motifs is 3. The number of aliphatic hydroxyl groups excluding tert-OH is 1. The fourth-order valence-corrected chi connectivity index (χ4v) is 11.4. The summed E-state index contributed by atoms with van der Waals surface area (Å²) in [5.41, 5.74) is 3.42. The highest BCUT2D eigenvalue weighted by molar-refractivity contribution is 6.71. The van der Waals surface area contributed by atoms with Gasteiger partial charge in [0, 0.05) is 34.8 Å². The molecule has 0 bridgehead atoms. The first kappa shape index (κ1) is 35.2. The summed E-state index contributed by atoms with van der Waals surface area (Å²) in [5.74, 6) is -0.883. The minimum atomic E-state index is -2.91. The molecule has 1 unspecified atom stereocenters. The molecule has 2 aliphatic heterocycles. The summed E-state index contributed by atoms with van der Waals surface area (Å²) in [5, 5.41) is 23.2. The van der Waals surface area contributed by atoms with E-state index in [4.69, 9.17) is 16.3 Å². The number of carbonyl (C=O) groups excluding carboxylic acids is 1. The maximum Gasteiger partial charge on any atom is 0.279 e. The zero-order chi connectivity index (χ0) is 37.1. The third-order valence-corrected chi connectivity index (χ3v) is 13.7. The fourth-order valence-electron chi connectivity index (χ4n) is 8.59. The van der Waals surface area contributed by atoms with Crippen LogP contribution in [-0.2, 0) is 28.2 Å². The van der Waals surface area contributed by atoms with Crippen LogP contribution in [0.5, 0.6) is 0 Å². The van der Waals surface area contributed by atoms with Crippen molar-refractivity contribution < 1.29 is 19.4 Å². The van der Waals surface area contributed by atoms with E-state index < -0.39 is 20.0 Å². The van der Waals surface area contributed by atoms with Gasteiger partial charge in [-0.25, -0.2) is 4.68 Å². The highest BCUT2D eigenvalue weighted by Crippen LogP contribution is 2.60. The number of halogens is 1. The van der Waals surface area contributed by atoms with E-state index in [9.17, 15) is 19.5 Å². The molecule has 1 fully saturated rings. The zero-order valence-electron chi connectivity index (χ0n) is 29.7. The number of carbonyl (C=O) groups is 1. The first-order chi connectivity index (χ1) is 25.5. The van der Waals surface area contributed by atoms with E-state index in [-0.39, 0.29) is 42.0 Å². The van der Waals surface area contributed by atoms with Crippen molar-refractivity contribution in [1.29, 1.82) is 0 Å². The second kappa shape index (κ2) is 13.5. The van der Waals surface area contributed by atoms with Crippen LogP contribution in [0.25, 0.3) is 16.6 Å². The Balaban J connectivity index is 1.09. The van der Waals surface area contributed by atoms with Crippen LogP contribution in [0, 0.1) is 5.92 Å². The van der Waals surface area contributed by atoms with Crippen molar-refractivity contribution in [2.75, 3.05) is 11.5 Å². The van der Waals surface area contributed by atoms with Crippen LogP contribution in [0.15, 0.2) is 108 Å². The number of nitrogens with one attached hydrogen (secondary N) is 1. The third kappa shape index (κ3) is 6.04. The Morgan fingerprint density at radius 2 is 1.77 bits per heavy atom. The van der Waals surface area contributed by atoms with E-state index in [1.54, 1.807) is 21.7 Å². The number of anilines is 1. The number of aryl methyl sites for hydroxylation is 1. The van der Waals surface area contributed by atoms with Gasteiger partial charge in [0.1, 0.15) is 0 Å². The lowest BCUT2D eigenvalue weighted by Crippen LogP contribution is -2.46. The number of aromatic nitrogens is 5. The summed E-state index contributed by atoms with van der Waals surface area (Å²) in [6.45, 7) is 6.37. The quantitative estimate of drug-likeness (QED) is 0.144. The van der Waals surface area contributed by atoms with E-state index in [0.717, 1.165) is 16.6 Å². The molecule has 4 heterocycles. The number of benzene rings is 4. The van der Waals surface area contributed by atoms with Gasteiger partial charge < -0.3 is 19.5 Å². The van der Waals surface area contributed by atoms with Crippen LogP contribution in [0.4, 0.5) is 5.69 Å². The molecule has 0 aliphatic carbocycles. The Bertz CT molecular complexity index is 2370. The standard InChI is InChI=1S/C40H41ClN6O5Si/c1-25-37(53(2,3)51)36(18-19-45-23-34(42-44-45)31(24-48)27-11-5-4-6-12-27)52-40(25)32-21-28(41)16-17-35(32)46(39(40)50)22-26-10-9-13-29(20-26)47-38(49)30-14-7-8-15-33(30)43-47/h4-17,20-21,23,25,31,36-37,43,48,51H,18-19,22,24H2,1-3H3/t25-,31?,36+,37-,40+/m0/s1. The zero-order valence-corrected chi connectivity index (χ0v) is 31.4. The Labute approximate surface area is 312 Å². The molecule has 5 atom stereocenters. The first-order valence-electron chi connectivity index (χ1n) is 17.9. The number of aliphatic hydroxyl groups is 1. The Morgan fingerprint density at radius 3 is 2.53 bits per heavy atom. The van der Waals surface area contributed by atoms with E-state index in [0.29, 0.717) is 46.0 Å². The van der Waals surface area contributed by atoms with Crippen LogP contribution in [0.2, 0.25) is 23.7 Å². The molecule has 1 spiro atoms. The lowest BCUT2D eigenvalue weighted by molar-refractivity contribution is -0.146. The summed E-state index contributed by atoms with van der Waals surface area (Å²) in [4.78, 5) is 41.7. The lowest BCUT2D eigenvalue weighted by Gasteiger charge is -2.32. The molecule has 13 heteroatoms. The molecule has 2 aliphatic rings. The summed E-state index contributed by atoms with van der Waals surface area (Å²) < 4.78 is 10.3. The molecule has 2 aromatic heterocycles. The predicted molar refractivity (Wildman–Crippen MR) is 206 cm³/mol. The Hall–Kier alpha value is -4.85. The SMILES string of the molecule is C[C@H]1[C@H]([Si](C)(C)O)[C@@H](CCn2cc(C(CO)c3ccccc3)nn2)O[C@]12C(=O)N(Cc1cccc(-n3[nH]c4ccccc4c3=O)c1)c1ccc(Cl)cc12. The minimum absolute atomic E-state index is 0.104. The number of hydrogen-bond donors (Lipinski definition) is 3. The second-order valence-electron chi connectivity index (χ2n) is 14.7. The highest BCUT2D eigenvalue weighted by Gasteiger charge is 2.66. The van der Waals surface area contributed by atoms with Gasteiger partial charge in [-0.2, -0.15) is 0 Å². The number of H-pyrrole nitrogens is 1. The summed E-state index contributed by atoms with van der Waals surface area (Å²) in [6.07, 6.45) is 1.87. The van der Waals surface area contributed by atoms with Crippen molar-refractivity contribution in [3.63, 3.8) is 0 Å². The first-order valence-corrected chi connectivity index (χ1v) is 21.3. The van der Waals surface area contributed by atoms with Gasteiger partial charge in [-0.1, -0.05) is 78.3 Å². The molecule has 11 nitrogen and oxygen atoms in total. The van der Waals surface area contributed by atoms with Gasteiger partial charge >= 0.3 is 0 Å². The molecule has 3 N–H and O–H groups in total. The number of nitrogens with zero attached hydrogens (tertiary/aromatic N) is 5. The van der Waals surface area contributed by atoms with Gasteiger partial charge in [-0.15, -0.1) is 5.10 Å². The molecular formula is C40H41ClN6O5Si. The summed E-state index contributed by atoms with van der Waals surface area (Å²) in [7, 11) is -2.91. The van der Waals surface area contributed by atoms with Gasteiger partial charge in [0.2, 0.25) is 0 Å². The van der Waals surface area contributed by atoms with Gasteiger partial charge in [0.05, 0.1) is 53.1 Å². The van der Waals surface area contributed by atoms with Crippen molar-refractivity contribution in [2.45, 2.75) is 62.7 Å². The van der Waals surface area contributed by atoms with Crippen molar-refractivity contribution in [3.8, 4) is 5.69 Å². The number of aromatic amines is 1. The number of para-hydroxylation sites is 1. The number of rotatable bonds is 10. The average Bonchev–Trinajstić information content (AvgIpc) is 3.88. The molecule has 0 saturated carbocycles. The molecule has 1 amide bonds. The monoisotopic (exact) mass is 748 g/mol. The predicted octanol–water partition coefficient (Wildman–Crippen LogP) is 6.12. The Kier molecular flexibility index (Phi) is 8.98. The van der Waals surface area contributed by atoms with Crippen LogP contribution in [0.3, 0.4) is 0 Å². The minimum Gasteiger partial charge on any atom is -0.432 e. The largest absolute Gasteiger partial charge is 0.432 e. The van der Waals surface area contributed by atoms with Crippen LogP contribution in [0.1, 0.15) is 41.6 Å². The lowest BCUT2D eigenvalue weighted by atomic mass is 9.82. The molecule has 0 radical (unpaired) electrons. The van der Waals surface area contributed by atoms with Crippen LogP contribution < -0.4 is 10.5 Å². The Morgan fingerprint density at radius 1 is 1.00 bits per heavy atom. The molecule has 272 valence electrons. The van der Waals surface area contributed by atoms with Gasteiger partial charge in [0.25, 0.3) is 11.5 Å². The average molecular weight is 749 g/mol. The smallest absolute Gasteiger partial charge is 0.279 e. The molecular weight excluding hydrogens is 708 g/mol. The van der Waals surface area contributed by atoms with Crippen LogP contribution in [-0.4, -0.2) is 61.6 Å². The van der Waals surface area contributed by atoms with Crippen molar-refractivity contribution in [3.05, 3.63) is 141 Å². The number of hydrogen-bond acceptors (Lipinski definition) is 7. The van der Waals surface area contributed by atoms with E-state index in [2.05, 4.69) is 15.4 Å². The number of amides is 1. The van der Waals surface area contributed by atoms with Crippen molar-refractivity contribution in [2.24, 2.45) is 5.92 Å². The van der Waals surface area contributed by atoms with Crippen molar-refractivity contribution in [1.82, 2.24) is 24.8 Å². The fraction of sp³-hybridized carbons (Fsp3) is 0.300. The van der Waals surface area contributed by atoms with Crippen molar-refractivity contribution >= 4 is 42.4 Å². The second-order valence-corrected chi connectivity index (χ2v) is 19.1. The molecule has 4 aromatic carbocycles. The summed E-state index contributed by atoms with van der Waals surface area (Å²) in [6, 6.07) is 30.1. The van der Waals surface area contributed by atoms with Gasteiger partial charge in [-0.05, 0) is 73.1 Å². The van der Waals surface area contributed by atoms with E-state index in [1.807, 2.05) is 111 Å². The third-order valence-electron chi connectivity index (χ3n) is 11.0.